The lowest BCUT2D eigenvalue weighted by Gasteiger charge is -2.37. The molecule has 0 atom stereocenters. The first-order chi connectivity index (χ1) is 11.3. The van der Waals surface area contributed by atoms with Crippen LogP contribution in [0.5, 0.6) is 0 Å². The van der Waals surface area contributed by atoms with Crippen LogP contribution in [-0.4, -0.2) is 37.7 Å². The third-order valence-electron chi connectivity index (χ3n) is 4.07. The zero-order valence-corrected chi connectivity index (χ0v) is 13.5. The van der Waals surface area contributed by atoms with E-state index in [4.69, 9.17) is 11.6 Å². The Bertz CT molecular complexity index is 1020. The van der Waals surface area contributed by atoms with Gasteiger partial charge in [0.2, 0.25) is 0 Å². The smallest absolute Gasteiger partial charge is 0.187 e. The lowest BCUT2D eigenvalue weighted by Crippen LogP contribution is -2.45. The number of nitrogens with zero attached hydrogens (tertiary/aromatic N) is 6. The standard InChI is InChI=1S/C15H11ClN6S/c16-11-5-4-10-14(18-11)23-15(17-10)21-7-9(8-21)13-20-19-12-3-1-2-6-22(12)13/h1-6,9H,7-8H2. The van der Waals surface area contributed by atoms with Gasteiger partial charge in [-0.15, -0.1) is 10.2 Å². The third-order valence-corrected chi connectivity index (χ3v) is 5.30. The van der Waals surface area contributed by atoms with E-state index in [1.807, 2.05) is 30.5 Å². The largest absolute Gasteiger partial charge is 0.346 e. The van der Waals surface area contributed by atoms with Crippen LogP contribution >= 0.6 is 22.9 Å². The minimum absolute atomic E-state index is 0.371. The number of aromatic nitrogens is 5. The second-order valence-electron chi connectivity index (χ2n) is 5.54. The normalized spacial score (nSPS) is 15.4. The maximum Gasteiger partial charge on any atom is 0.187 e. The number of fused-ring (bicyclic) bond motifs is 2. The Balaban J connectivity index is 1.41. The molecule has 1 aliphatic rings. The maximum atomic E-state index is 5.94. The van der Waals surface area contributed by atoms with Crippen molar-refractivity contribution in [1.82, 2.24) is 24.6 Å². The molecule has 1 saturated heterocycles. The van der Waals surface area contributed by atoms with E-state index >= 15 is 0 Å². The minimum Gasteiger partial charge on any atom is -0.346 e. The van der Waals surface area contributed by atoms with Gasteiger partial charge in [0.15, 0.2) is 10.8 Å². The first-order valence-corrected chi connectivity index (χ1v) is 8.45. The Labute approximate surface area is 140 Å². The van der Waals surface area contributed by atoms with Gasteiger partial charge < -0.3 is 4.90 Å². The van der Waals surface area contributed by atoms with Crippen molar-refractivity contribution in [2.75, 3.05) is 18.0 Å². The fraction of sp³-hybridized carbons (Fsp3) is 0.200. The molecule has 23 heavy (non-hydrogen) atoms. The predicted molar refractivity (Wildman–Crippen MR) is 90.4 cm³/mol. The van der Waals surface area contributed by atoms with Crippen LogP contribution in [0.25, 0.3) is 16.0 Å². The van der Waals surface area contributed by atoms with Gasteiger partial charge in [-0.2, -0.15) is 0 Å². The fourth-order valence-corrected chi connectivity index (χ4v) is 4.01. The summed E-state index contributed by atoms with van der Waals surface area (Å²) in [5.74, 6) is 1.38. The van der Waals surface area contributed by atoms with E-state index in [0.29, 0.717) is 11.1 Å². The molecule has 0 unspecified atom stereocenters. The van der Waals surface area contributed by atoms with Crippen molar-refractivity contribution in [2.24, 2.45) is 0 Å². The molecule has 1 fully saturated rings. The predicted octanol–water partition coefficient (Wildman–Crippen LogP) is 2.99. The summed E-state index contributed by atoms with van der Waals surface area (Å²) >= 11 is 7.51. The van der Waals surface area contributed by atoms with Crippen LogP contribution in [0.4, 0.5) is 5.13 Å². The van der Waals surface area contributed by atoms with Crippen LogP contribution in [-0.2, 0) is 0 Å². The van der Waals surface area contributed by atoms with Gasteiger partial charge in [0, 0.05) is 19.3 Å². The third kappa shape index (κ3) is 2.08. The van der Waals surface area contributed by atoms with Crippen LogP contribution in [0.15, 0.2) is 36.5 Å². The maximum absolute atomic E-state index is 5.94. The summed E-state index contributed by atoms with van der Waals surface area (Å²) < 4.78 is 2.06. The SMILES string of the molecule is Clc1ccc2nc(N3CC(c4nnc5ccccn45)C3)sc2n1. The molecule has 4 aromatic heterocycles. The lowest BCUT2D eigenvalue weighted by atomic mass is 10.0. The van der Waals surface area contributed by atoms with Gasteiger partial charge in [-0.25, -0.2) is 9.97 Å². The highest BCUT2D eigenvalue weighted by molar-refractivity contribution is 7.21. The molecule has 0 spiro atoms. The van der Waals surface area contributed by atoms with Crippen molar-refractivity contribution >= 4 is 44.1 Å². The Kier molecular flexibility index (Phi) is 2.80. The number of hydrogen-bond acceptors (Lipinski definition) is 6. The molecule has 4 aromatic rings. The number of thiazole rings is 1. The highest BCUT2D eigenvalue weighted by atomic mass is 35.5. The van der Waals surface area contributed by atoms with E-state index in [1.54, 1.807) is 17.4 Å². The van der Waals surface area contributed by atoms with Crippen molar-refractivity contribution in [1.29, 1.82) is 0 Å². The first kappa shape index (κ1) is 13.2. The second-order valence-corrected chi connectivity index (χ2v) is 6.89. The Morgan fingerprint density at radius 1 is 1.09 bits per heavy atom. The second kappa shape index (κ2) is 4.87. The first-order valence-electron chi connectivity index (χ1n) is 7.25. The van der Waals surface area contributed by atoms with Crippen molar-refractivity contribution in [2.45, 2.75) is 5.92 Å². The summed E-state index contributed by atoms with van der Waals surface area (Å²) in [7, 11) is 0. The van der Waals surface area contributed by atoms with Gasteiger partial charge in [-0.3, -0.25) is 4.40 Å². The van der Waals surface area contributed by atoms with Crippen molar-refractivity contribution in [3.63, 3.8) is 0 Å². The number of rotatable bonds is 2. The summed E-state index contributed by atoms with van der Waals surface area (Å²) in [6.07, 6.45) is 2.01. The van der Waals surface area contributed by atoms with E-state index < -0.39 is 0 Å². The van der Waals surface area contributed by atoms with Crippen LogP contribution in [0, 0.1) is 0 Å². The number of hydrogen-bond donors (Lipinski definition) is 0. The molecular weight excluding hydrogens is 332 g/mol. The van der Waals surface area contributed by atoms with E-state index in [9.17, 15) is 0 Å². The lowest BCUT2D eigenvalue weighted by molar-refractivity contribution is 0.496. The molecule has 1 aliphatic heterocycles. The van der Waals surface area contributed by atoms with Crippen LogP contribution in [0.3, 0.4) is 0 Å². The van der Waals surface area contributed by atoms with E-state index in [0.717, 1.165) is 40.0 Å². The summed E-state index contributed by atoms with van der Waals surface area (Å²) in [6, 6.07) is 9.62. The van der Waals surface area contributed by atoms with Gasteiger partial charge >= 0.3 is 0 Å². The number of halogens is 1. The van der Waals surface area contributed by atoms with Gasteiger partial charge in [-0.1, -0.05) is 29.0 Å². The zero-order valence-electron chi connectivity index (χ0n) is 11.9. The zero-order chi connectivity index (χ0) is 15.4. The molecule has 0 saturated carbocycles. The molecule has 0 radical (unpaired) electrons. The minimum atomic E-state index is 0.371. The Morgan fingerprint density at radius 3 is 2.91 bits per heavy atom. The highest BCUT2D eigenvalue weighted by Crippen LogP contribution is 2.35. The Morgan fingerprint density at radius 2 is 2.00 bits per heavy atom. The van der Waals surface area contributed by atoms with Gasteiger partial charge in [0.05, 0.1) is 5.92 Å². The molecular formula is C15H11ClN6S. The van der Waals surface area contributed by atoms with Gasteiger partial charge in [0.25, 0.3) is 0 Å². The van der Waals surface area contributed by atoms with Crippen LogP contribution < -0.4 is 4.90 Å². The van der Waals surface area contributed by atoms with E-state index in [2.05, 4.69) is 29.5 Å². The summed E-state index contributed by atoms with van der Waals surface area (Å²) in [5, 5.41) is 10.0. The average Bonchev–Trinajstić information content (AvgIpc) is 3.10. The van der Waals surface area contributed by atoms with Crippen molar-refractivity contribution in [3.8, 4) is 0 Å². The molecule has 0 aromatic carbocycles. The number of anilines is 1. The highest BCUT2D eigenvalue weighted by Gasteiger charge is 2.33. The summed E-state index contributed by atoms with van der Waals surface area (Å²) in [4.78, 5) is 12.1. The molecule has 114 valence electrons. The van der Waals surface area contributed by atoms with Gasteiger partial charge in [-0.05, 0) is 24.3 Å². The molecule has 5 heterocycles. The molecule has 6 nitrogen and oxygen atoms in total. The molecule has 8 heteroatoms. The van der Waals surface area contributed by atoms with Gasteiger partial charge in [0.1, 0.15) is 21.3 Å². The molecule has 0 aliphatic carbocycles. The quantitative estimate of drug-likeness (QED) is 0.524. The molecule has 5 rings (SSSR count). The van der Waals surface area contributed by atoms with E-state index in [-0.39, 0.29) is 0 Å². The summed E-state index contributed by atoms with van der Waals surface area (Å²) in [6.45, 7) is 1.78. The van der Waals surface area contributed by atoms with Crippen molar-refractivity contribution in [3.05, 3.63) is 47.5 Å². The van der Waals surface area contributed by atoms with E-state index in [1.165, 1.54) is 0 Å². The molecule has 0 N–H and O–H groups in total. The molecule has 0 bridgehead atoms. The average molecular weight is 343 g/mol. The Hall–Kier alpha value is -2.25. The monoisotopic (exact) mass is 342 g/mol. The van der Waals surface area contributed by atoms with Crippen LogP contribution in [0.2, 0.25) is 5.15 Å². The molecule has 0 amide bonds. The topological polar surface area (TPSA) is 59.2 Å². The van der Waals surface area contributed by atoms with Crippen molar-refractivity contribution < 1.29 is 0 Å². The fourth-order valence-electron chi connectivity index (χ4n) is 2.85. The van der Waals surface area contributed by atoms with Crippen LogP contribution in [0.1, 0.15) is 11.7 Å². The number of pyridine rings is 2. The summed E-state index contributed by atoms with van der Waals surface area (Å²) in [5.41, 5.74) is 1.78.